The molecule has 0 aromatic heterocycles. The van der Waals surface area contributed by atoms with Crippen molar-refractivity contribution in [3.8, 4) is 0 Å². The van der Waals surface area contributed by atoms with Gasteiger partial charge in [-0.1, -0.05) is 38.5 Å². The number of likely N-dealkylation sites (N-methyl/N-ethyl adjacent to an activating group) is 1. The summed E-state index contributed by atoms with van der Waals surface area (Å²) in [6, 6.07) is 0.646. The molecule has 0 heterocycles. The fourth-order valence-electron chi connectivity index (χ4n) is 4.16. The largest absolute Gasteiger partial charge is 0.329 e. The van der Waals surface area contributed by atoms with E-state index in [0.29, 0.717) is 6.04 Å². The van der Waals surface area contributed by atoms with Crippen LogP contribution in [0.5, 0.6) is 0 Å². The fraction of sp³-hybridized carbons (Fsp3) is 1.00. The second-order valence-electron chi connectivity index (χ2n) is 6.64. The number of rotatable bonds is 5. The van der Waals surface area contributed by atoms with Crippen molar-refractivity contribution in [3.63, 3.8) is 0 Å². The molecule has 0 aromatic carbocycles. The van der Waals surface area contributed by atoms with Gasteiger partial charge in [0.05, 0.1) is 0 Å². The molecular weight excluding hydrogens is 220 g/mol. The van der Waals surface area contributed by atoms with Crippen molar-refractivity contribution in [2.75, 3.05) is 20.1 Å². The van der Waals surface area contributed by atoms with Crippen molar-refractivity contribution in [1.82, 2.24) is 4.90 Å². The van der Waals surface area contributed by atoms with E-state index in [4.69, 9.17) is 5.73 Å². The SMILES string of the molecule is CN(CC1CCCCC1)C(CN)C1CCCCC1. The van der Waals surface area contributed by atoms with E-state index < -0.39 is 0 Å². The Kier molecular flexibility index (Phi) is 5.97. The molecule has 0 saturated heterocycles. The monoisotopic (exact) mass is 252 g/mol. The third-order valence-corrected chi connectivity index (χ3v) is 5.27. The number of nitrogens with two attached hydrogens (primary N) is 1. The Hall–Kier alpha value is -0.0800. The minimum absolute atomic E-state index is 0.646. The van der Waals surface area contributed by atoms with Gasteiger partial charge >= 0.3 is 0 Å². The lowest BCUT2D eigenvalue weighted by Gasteiger charge is -2.38. The molecule has 1 atom stereocenters. The molecule has 2 aliphatic carbocycles. The topological polar surface area (TPSA) is 29.3 Å². The molecule has 0 spiro atoms. The molecule has 0 bridgehead atoms. The molecule has 2 fully saturated rings. The van der Waals surface area contributed by atoms with Gasteiger partial charge in [0, 0.05) is 19.1 Å². The van der Waals surface area contributed by atoms with E-state index in [0.717, 1.165) is 18.4 Å². The fourth-order valence-corrected chi connectivity index (χ4v) is 4.16. The Morgan fingerprint density at radius 3 is 2.06 bits per heavy atom. The van der Waals surface area contributed by atoms with Crippen LogP contribution in [-0.2, 0) is 0 Å². The smallest absolute Gasteiger partial charge is 0.0243 e. The molecule has 0 aliphatic heterocycles. The summed E-state index contributed by atoms with van der Waals surface area (Å²) >= 11 is 0. The first-order valence-corrected chi connectivity index (χ1v) is 8.21. The number of nitrogens with zero attached hydrogens (tertiary/aromatic N) is 1. The molecule has 106 valence electrons. The third-order valence-electron chi connectivity index (χ3n) is 5.27. The van der Waals surface area contributed by atoms with Gasteiger partial charge in [0.2, 0.25) is 0 Å². The van der Waals surface area contributed by atoms with Crippen molar-refractivity contribution < 1.29 is 0 Å². The van der Waals surface area contributed by atoms with Gasteiger partial charge in [-0.25, -0.2) is 0 Å². The molecular formula is C16H32N2. The molecule has 2 nitrogen and oxygen atoms in total. The van der Waals surface area contributed by atoms with Crippen LogP contribution < -0.4 is 5.73 Å². The Morgan fingerprint density at radius 2 is 1.50 bits per heavy atom. The quantitative estimate of drug-likeness (QED) is 0.812. The first-order chi connectivity index (χ1) is 8.81. The molecule has 0 aromatic rings. The molecule has 2 heteroatoms. The minimum Gasteiger partial charge on any atom is -0.329 e. The van der Waals surface area contributed by atoms with E-state index in [1.807, 2.05) is 0 Å². The first kappa shape index (κ1) is 14.3. The van der Waals surface area contributed by atoms with Gasteiger partial charge in [0.1, 0.15) is 0 Å². The summed E-state index contributed by atoms with van der Waals surface area (Å²) in [5, 5.41) is 0. The highest BCUT2D eigenvalue weighted by atomic mass is 15.1. The lowest BCUT2D eigenvalue weighted by molar-refractivity contribution is 0.121. The van der Waals surface area contributed by atoms with Gasteiger partial charge in [-0.2, -0.15) is 0 Å². The Balaban J connectivity index is 1.81. The normalized spacial score (nSPS) is 25.5. The van der Waals surface area contributed by atoms with E-state index in [2.05, 4.69) is 11.9 Å². The number of hydrogen-bond acceptors (Lipinski definition) is 2. The van der Waals surface area contributed by atoms with Crippen molar-refractivity contribution in [1.29, 1.82) is 0 Å². The van der Waals surface area contributed by atoms with E-state index >= 15 is 0 Å². The van der Waals surface area contributed by atoms with Crippen molar-refractivity contribution in [2.45, 2.75) is 70.3 Å². The van der Waals surface area contributed by atoms with Crippen LogP contribution in [0.4, 0.5) is 0 Å². The van der Waals surface area contributed by atoms with Gasteiger partial charge in [0.25, 0.3) is 0 Å². The molecule has 2 rings (SSSR count). The summed E-state index contributed by atoms with van der Waals surface area (Å²) in [5.41, 5.74) is 6.07. The lowest BCUT2D eigenvalue weighted by Crippen LogP contribution is -2.46. The molecule has 0 radical (unpaired) electrons. The van der Waals surface area contributed by atoms with Crippen LogP contribution in [0.2, 0.25) is 0 Å². The van der Waals surface area contributed by atoms with Gasteiger partial charge < -0.3 is 10.6 Å². The van der Waals surface area contributed by atoms with Crippen LogP contribution >= 0.6 is 0 Å². The zero-order valence-electron chi connectivity index (χ0n) is 12.2. The van der Waals surface area contributed by atoms with E-state index in [1.165, 1.54) is 70.8 Å². The first-order valence-electron chi connectivity index (χ1n) is 8.21. The Labute approximate surface area is 113 Å². The van der Waals surface area contributed by atoms with E-state index in [9.17, 15) is 0 Å². The van der Waals surface area contributed by atoms with Gasteiger partial charge in [-0.05, 0) is 44.6 Å². The van der Waals surface area contributed by atoms with E-state index in [1.54, 1.807) is 0 Å². The standard InChI is InChI=1S/C16H32N2/c1-18(13-14-8-4-2-5-9-14)16(12-17)15-10-6-3-7-11-15/h14-16H,2-13,17H2,1H3. The van der Waals surface area contributed by atoms with Crippen LogP contribution in [0.3, 0.4) is 0 Å². The van der Waals surface area contributed by atoms with Crippen LogP contribution in [0.25, 0.3) is 0 Å². The minimum atomic E-state index is 0.646. The summed E-state index contributed by atoms with van der Waals surface area (Å²) in [6.07, 6.45) is 14.4. The number of hydrogen-bond donors (Lipinski definition) is 1. The zero-order chi connectivity index (χ0) is 12.8. The van der Waals surface area contributed by atoms with Gasteiger partial charge in [0.15, 0.2) is 0 Å². The summed E-state index contributed by atoms with van der Waals surface area (Å²) in [6.45, 7) is 2.15. The Morgan fingerprint density at radius 1 is 0.944 bits per heavy atom. The predicted octanol–water partition coefficient (Wildman–Crippen LogP) is 3.41. The van der Waals surface area contributed by atoms with Crippen LogP contribution in [0, 0.1) is 11.8 Å². The predicted molar refractivity (Wildman–Crippen MR) is 78.6 cm³/mol. The van der Waals surface area contributed by atoms with Crippen molar-refractivity contribution in [2.24, 2.45) is 17.6 Å². The second-order valence-corrected chi connectivity index (χ2v) is 6.64. The maximum Gasteiger partial charge on any atom is 0.0243 e. The molecule has 0 amide bonds. The highest BCUT2D eigenvalue weighted by Gasteiger charge is 2.27. The molecule has 18 heavy (non-hydrogen) atoms. The highest BCUT2D eigenvalue weighted by Crippen LogP contribution is 2.30. The molecule has 2 N–H and O–H groups in total. The second kappa shape index (κ2) is 7.49. The summed E-state index contributed by atoms with van der Waals surface area (Å²) in [4.78, 5) is 2.60. The molecule has 1 unspecified atom stereocenters. The average molecular weight is 252 g/mol. The van der Waals surface area contributed by atoms with Gasteiger partial charge in [-0.3, -0.25) is 0 Å². The average Bonchev–Trinajstić information content (AvgIpc) is 2.42. The van der Waals surface area contributed by atoms with Crippen molar-refractivity contribution >= 4 is 0 Å². The summed E-state index contributed by atoms with van der Waals surface area (Å²) in [5.74, 6) is 1.82. The Bertz CT molecular complexity index is 217. The zero-order valence-corrected chi connectivity index (χ0v) is 12.2. The highest BCUT2D eigenvalue weighted by molar-refractivity contribution is 4.82. The lowest BCUT2D eigenvalue weighted by atomic mass is 9.82. The van der Waals surface area contributed by atoms with Gasteiger partial charge in [-0.15, -0.1) is 0 Å². The maximum absolute atomic E-state index is 6.07. The molecule has 2 saturated carbocycles. The third kappa shape index (κ3) is 3.96. The summed E-state index contributed by atoms with van der Waals surface area (Å²) in [7, 11) is 2.32. The summed E-state index contributed by atoms with van der Waals surface area (Å²) < 4.78 is 0. The van der Waals surface area contributed by atoms with E-state index in [-0.39, 0.29) is 0 Å². The van der Waals surface area contributed by atoms with Crippen LogP contribution in [0.1, 0.15) is 64.2 Å². The van der Waals surface area contributed by atoms with Crippen LogP contribution in [0.15, 0.2) is 0 Å². The molecule has 2 aliphatic rings. The maximum atomic E-state index is 6.07. The van der Waals surface area contributed by atoms with Crippen LogP contribution in [-0.4, -0.2) is 31.1 Å². The van der Waals surface area contributed by atoms with Crippen molar-refractivity contribution in [3.05, 3.63) is 0 Å².